The quantitative estimate of drug-likeness (QED) is 0.738. The Hall–Kier alpha value is -1.36. The van der Waals surface area contributed by atoms with Crippen molar-refractivity contribution in [3.05, 3.63) is 17.3 Å². The molecule has 0 spiro atoms. The normalized spacial score (nSPS) is 16.9. The summed E-state index contributed by atoms with van der Waals surface area (Å²) in [6.07, 6.45) is 1.86. The standard InChI is InChI=1S/C12H17NO4/c1-4-16-12(14)10-9(8-5-6-8)13-11(17-10)7(2)15-3/h7-8H,4-6H2,1-3H3. The second-order valence-corrected chi connectivity index (χ2v) is 4.14. The largest absolute Gasteiger partial charge is 0.460 e. The topological polar surface area (TPSA) is 61.6 Å². The van der Waals surface area contributed by atoms with Crippen molar-refractivity contribution in [3.8, 4) is 0 Å². The third-order valence-corrected chi connectivity index (χ3v) is 2.80. The molecule has 0 N–H and O–H groups in total. The van der Waals surface area contributed by atoms with Gasteiger partial charge in [-0.1, -0.05) is 0 Å². The molecule has 0 aliphatic heterocycles. The molecule has 1 saturated carbocycles. The van der Waals surface area contributed by atoms with Gasteiger partial charge in [0.2, 0.25) is 11.7 Å². The SMILES string of the molecule is CCOC(=O)c1oc(C(C)OC)nc1C1CC1. The fraction of sp³-hybridized carbons (Fsp3) is 0.667. The lowest BCUT2D eigenvalue weighted by Gasteiger charge is -2.02. The fourth-order valence-electron chi connectivity index (χ4n) is 1.60. The molecular weight excluding hydrogens is 222 g/mol. The van der Waals surface area contributed by atoms with Crippen LogP contribution in [0.4, 0.5) is 0 Å². The van der Waals surface area contributed by atoms with Gasteiger partial charge in [-0.15, -0.1) is 0 Å². The van der Waals surface area contributed by atoms with Crippen LogP contribution in [0.1, 0.15) is 60.9 Å². The third kappa shape index (κ3) is 2.49. The Morgan fingerprint density at radius 2 is 2.29 bits per heavy atom. The van der Waals surface area contributed by atoms with E-state index in [1.807, 2.05) is 6.92 Å². The van der Waals surface area contributed by atoms with Gasteiger partial charge >= 0.3 is 5.97 Å². The van der Waals surface area contributed by atoms with Gasteiger partial charge in [0.05, 0.1) is 12.3 Å². The zero-order valence-corrected chi connectivity index (χ0v) is 10.4. The third-order valence-electron chi connectivity index (χ3n) is 2.80. The van der Waals surface area contributed by atoms with Gasteiger partial charge in [0, 0.05) is 13.0 Å². The van der Waals surface area contributed by atoms with Crippen molar-refractivity contribution in [3.63, 3.8) is 0 Å². The Kier molecular flexibility index (Phi) is 3.47. The van der Waals surface area contributed by atoms with E-state index < -0.39 is 5.97 Å². The Bertz CT molecular complexity index is 409. The van der Waals surface area contributed by atoms with E-state index in [0.29, 0.717) is 18.4 Å². The van der Waals surface area contributed by atoms with Crippen LogP contribution in [-0.2, 0) is 9.47 Å². The molecule has 1 aromatic rings. The molecule has 0 aromatic carbocycles. The molecule has 1 aliphatic rings. The monoisotopic (exact) mass is 239 g/mol. The van der Waals surface area contributed by atoms with Crippen LogP contribution in [0.3, 0.4) is 0 Å². The van der Waals surface area contributed by atoms with E-state index in [-0.39, 0.29) is 11.9 Å². The van der Waals surface area contributed by atoms with Gasteiger partial charge in [0.1, 0.15) is 6.10 Å². The molecule has 1 atom stereocenters. The van der Waals surface area contributed by atoms with Crippen LogP contribution in [0.15, 0.2) is 4.42 Å². The summed E-state index contributed by atoms with van der Waals surface area (Å²) in [5, 5.41) is 0. The molecule has 0 bridgehead atoms. The maximum absolute atomic E-state index is 11.7. The average Bonchev–Trinajstić information content (AvgIpc) is 3.07. The summed E-state index contributed by atoms with van der Waals surface area (Å²) in [6.45, 7) is 3.93. The number of rotatable bonds is 5. The number of hydrogen-bond donors (Lipinski definition) is 0. The van der Waals surface area contributed by atoms with E-state index in [9.17, 15) is 4.79 Å². The minimum absolute atomic E-state index is 0.244. The zero-order chi connectivity index (χ0) is 12.4. The first kappa shape index (κ1) is 12.1. The van der Waals surface area contributed by atoms with Crippen LogP contribution in [0.25, 0.3) is 0 Å². The summed E-state index contributed by atoms with van der Waals surface area (Å²) in [5.74, 6) is 0.595. The lowest BCUT2D eigenvalue weighted by molar-refractivity contribution is 0.0471. The van der Waals surface area contributed by atoms with E-state index >= 15 is 0 Å². The number of nitrogens with zero attached hydrogens (tertiary/aromatic N) is 1. The van der Waals surface area contributed by atoms with E-state index in [1.54, 1.807) is 14.0 Å². The van der Waals surface area contributed by atoms with Crippen LogP contribution in [0.5, 0.6) is 0 Å². The molecule has 0 amide bonds. The van der Waals surface area contributed by atoms with Gasteiger partial charge in [-0.2, -0.15) is 0 Å². The Morgan fingerprint density at radius 1 is 1.59 bits per heavy atom. The molecule has 0 saturated heterocycles. The second kappa shape index (κ2) is 4.87. The number of esters is 1. The summed E-state index contributed by atoms with van der Waals surface area (Å²) in [6, 6.07) is 0. The Labute approximate surface area is 100 Å². The van der Waals surface area contributed by atoms with Crippen molar-refractivity contribution >= 4 is 5.97 Å². The number of carbonyl (C=O) groups excluding carboxylic acids is 1. The van der Waals surface area contributed by atoms with Crippen molar-refractivity contribution < 1.29 is 18.7 Å². The summed E-state index contributed by atoms with van der Waals surface area (Å²) < 4.78 is 15.6. The van der Waals surface area contributed by atoms with Crippen LogP contribution in [-0.4, -0.2) is 24.7 Å². The molecule has 1 heterocycles. The molecule has 17 heavy (non-hydrogen) atoms. The molecule has 5 nitrogen and oxygen atoms in total. The van der Waals surface area contributed by atoms with Crippen molar-refractivity contribution in [2.75, 3.05) is 13.7 Å². The first-order valence-corrected chi connectivity index (χ1v) is 5.87. The predicted octanol–water partition coefficient (Wildman–Crippen LogP) is 2.44. The van der Waals surface area contributed by atoms with Crippen LogP contribution in [0, 0.1) is 0 Å². The lowest BCUT2D eigenvalue weighted by atomic mass is 10.2. The molecule has 1 aromatic heterocycles. The number of carbonyl (C=O) groups is 1. The molecule has 1 unspecified atom stereocenters. The molecule has 1 fully saturated rings. The summed E-state index contributed by atoms with van der Waals surface area (Å²) in [5.41, 5.74) is 0.724. The first-order chi connectivity index (χ1) is 8.17. The molecule has 1 aliphatic carbocycles. The van der Waals surface area contributed by atoms with E-state index in [1.165, 1.54) is 0 Å². The summed E-state index contributed by atoms with van der Waals surface area (Å²) in [4.78, 5) is 16.1. The van der Waals surface area contributed by atoms with E-state index in [4.69, 9.17) is 13.9 Å². The van der Waals surface area contributed by atoms with Crippen LogP contribution < -0.4 is 0 Å². The van der Waals surface area contributed by atoms with Crippen molar-refractivity contribution in [1.82, 2.24) is 4.98 Å². The van der Waals surface area contributed by atoms with Crippen LogP contribution >= 0.6 is 0 Å². The minimum Gasteiger partial charge on any atom is -0.460 e. The first-order valence-electron chi connectivity index (χ1n) is 5.87. The second-order valence-electron chi connectivity index (χ2n) is 4.14. The highest BCUT2D eigenvalue weighted by Crippen LogP contribution is 2.42. The van der Waals surface area contributed by atoms with Crippen molar-refractivity contribution in [2.24, 2.45) is 0 Å². The lowest BCUT2D eigenvalue weighted by Crippen LogP contribution is -2.05. The molecule has 2 rings (SSSR count). The fourth-order valence-corrected chi connectivity index (χ4v) is 1.60. The van der Waals surface area contributed by atoms with Gasteiger partial charge in [0.25, 0.3) is 0 Å². The molecule has 94 valence electrons. The van der Waals surface area contributed by atoms with E-state index in [0.717, 1.165) is 18.5 Å². The Balaban J connectivity index is 2.28. The average molecular weight is 239 g/mol. The highest BCUT2D eigenvalue weighted by atomic mass is 16.5. The minimum atomic E-state index is -0.434. The maximum atomic E-state index is 11.7. The number of oxazole rings is 1. The maximum Gasteiger partial charge on any atom is 0.376 e. The van der Waals surface area contributed by atoms with Gasteiger partial charge in [-0.05, 0) is 26.7 Å². The number of aromatic nitrogens is 1. The zero-order valence-electron chi connectivity index (χ0n) is 10.4. The van der Waals surface area contributed by atoms with Crippen molar-refractivity contribution in [2.45, 2.75) is 38.7 Å². The van der Waals surface area contributed by atoms with Gasteiger partial charge in [-0.25, -0.2) is 9.78 Å². The highest BCUT2D eigenvalue weighted by molar-refractivity contribution is 5.87. The number of ether oxygens (including phenoxy) is 2. The van der Waals surface area contributed by atoms with Crippen LogP contribution in [0.2, 0.25) is 0 Å². The predicted molar refractivity (Wildman–Crippen MR) is 59.9 cm³/mol. The summed E-state index contributed by atoms with van der Waals surface area (Å²) >= 11 is 0. The molecule has 5 heteroatoms. The van der Waals surface area contributed by atoms with E-state index in [2.05, 4.69) is 4.98 Å². The number of hydrogen-bond acceptors (Lipinski definition) is 5. The summed E-state index contributed by atoms with van der Waals surface area (Å²) in [7, 11) is 1.58. The van der Waals surface area contributed by atoms with Crippen molar-refractivity contribution in [1.29, 1.82) is 0 Å². The molecule has 0 radical (unpaired) electrons. The number of methoxy groups -OCH3 is 1. The highest BCUT2D eigenvalue weighted by Gasteiger charge is 2.34. The van der Waals surface area contributed by atoms with Gasteiger partial charge in [0.15, 0.2) is 0 Å². The van der Waals surface area contributed by atoms with Gasteiger partial charge < -0.3 is 13.9 Å². The Morgan fingerprint density at radius 3 is 2.82 bits per heavy atom. The molecular formula is C12H17NO4. The van der Waals surface area contributed by atoms with Gasteiger partial charge in [-0.3, -0.25) is 0 Å². The smallest absolute Gasteiger partial charge is 0.376 e.